The van der Waals surface area contributed by atoms with E-state index < -0.39 is 0 Å². The van der Waals surface area contributed by atoms with E-state index in [1.54, 1.807) is 11.0 Å². The zero-order chi connectivity index (χ0) is 20.8. The fraction of sp³-hybridized carbons (Fsp3) is 0.333. The van der Waals surface area contributed by atoms with E-state index in [2.05, 4.69) is 21.5 Å². The van der Waals surface area contributed by atoms with E-state index >= 15 is 0 Å². The van der Waals surface area contributed by atoms with Crippen LogP contribution in [0.1, 0.15) is 58.3 Å². The van der Waals surface area contributed by atoms with Gasteiger partial charge in [-0.3, -0.25) is 9.59 Å². The van der Waals surface area contributed by atoms with E-state index in [0.717, 1.165) is 29.5 Å². The van der Waals surface area contributed by atoms with E-state index in [1.807, 2.05) is 36.4 Å². The maximum absolute atomic E-state index is 12.5. The van der Waals surface area contributed by atoms with Crippen molar-refractivity contribution in [1.82, 2.24) is 20.1 Å². The van der Waals surface area contributed by atoms with E-state index in [0.29, 0.717) is 13.1 Å². The monoisotopic (exact) mass is 402 g/mol. The fourth-order valence-electron chi connectivity index (χ4n) is 3.91. The first-order chi connectivity index (χ1) is 14.7. The van der Waals surface area contributed by atoms with E-state index in [1.165, 1.54) is 30.3 Å². The van der Waals surface area contributed by atoms with Gasteiger partial charge < -0.3 is 5.32 Å². The molecule has 30 heavy (non-hydrogen) atoms. The quantitative estimate of drug-likeness (QED) is 0.585. The first-order valence-corrected chi connectivity index (χ1v) is 10.5. The summed E-state index contributed by atoms with van der Waals surface area (Å²) in [5.41, 5.74) is 5.49. The molecule has 1 aliphatic carbocycles. The van der Waals surface area contributed by atoms with Crippen LogP contribution >= 0.6 is 0 Å². The van der Waals surface area contributed by atoms with Crippen LogP contribution in [0.15, 0.2) is 55.1 Å². The maximum atomic E-state index is 12.5. The predicted octanol–water partition coefficient (Wildman–Crippen LogP) is 3.48. The van der Waals surface area contributed by atoms with Gasteiger partial charge >= 0.3 is 0 Å². The number of nitrogens with one attached hydrogen (secondary N) is 1. The molecule has 6 nitrogen and oxygen atoms in total. The van der Waals surface area contributed by atoms with Gasteiger partial charge in [0.25, 0.3) is 0 Å². The standard InChI is InChI=1S/C24H26N4O2/c29-23(22-9-8-20-6-1-2-7-21(20)13-22)10-11-24(30)26-14-18-4-3-5-19(12-18)15-28-17-25-16-27-28/h3-5,8-9,12-13,16-17H,1-2,6-7,10-11,14-15H2,(H,26,30). The lowest BCUT2D eigenvalue weighted by Crippen LogP contribution is -2.23. The highest BCUT2D eigenvalue weighted by Gasteiger charge is 2.14. The highest BCUT2D eigenvalue weighted by molar-refractivity contribution is 5.98. The van der Waals surface area contributed by atoms with E-state index in [4.69, 9.17) is 0 Å². The molecule has 0 fully saturated rings. The van der Waals surface area contributed by atoms with Crippen LogP contribution in [-0.4, -0.2) is 26.5 Å². The average Bonchev–Trinajstić information content (AvgIpc) is 3.29. The Morgan fingerprint density at radius 1 is 0.967 bits per heavy atom. The molecule has 1 aliphatic rings. The van der Waals surface area contributed by atoms with Crippen molar-refractivity contribution >= 4 is 11.7 Å². The first kappa shape index (κ1) is 20.0. The molecule has 1 amide bonds. The molecule has 1 aromatic heterocycles. The zero-order valence-corrected chi connectivity index (χ0v) is 17.0. The number of hydrogen-bond donors (Lipinski definition) is 1. The summed E-state index contributed by atoms with van der Waals surface area (Å²) in [5.74, 6) is -0.0728. The maximum Gasteiger partial charge on any atom is 0.220 e. The van der Waals surface area contributed by atoms with Crippen molar-refractivity contribution in [3.63, 3.8) is 0 Å². The molecule has 0 atom stereocenters. The van der Waals surface area contributed by atoms with Crippen molar-refractivity contribution in [3.05, 3.63) is 82.9 Å². The second kappa shape index (κ2) is 9.48. The van der Waals surface area contributed by atoms with Gasteiger partial charge in [-0.15, -0.1) is 0 Å². The molecule has 0 radical (unpaired) electrons. The Balaban J connectivity index is 1.25. The molecule has 6 heteroatoms. The largest absolute Gasteiger partial charge is 0.352 e. The molecule has 0 unspecified atom stereocenters. The van der Waals surface area contributed by atoms with Crippen molar-refractivity contribution in [1.29, 1.82) is 0 Å². The summed E-state index contributed by atoms with van der Waals surface area (Å²) in [4.78, 5) is 28.7. The number of amides is 1. The summed E-state index contributed by atoms with van der Waals surface area (Å²) in [7, 11) is 0. The van der Waals surface area contributed by atoms with Gasteiger partial charge in [-0.05, 0) is 54.0 Å². The number of aromatic nitrogens is 3. The van der Waals surface area contributed by atoms with Gasteiger partial charge in [0.15, 0.2) is 5.78 Å². The number of aryl methyl sites for hydroxylation is 2. The van der Waals surface area contributed by atoms with Gasteiger partial charge in [-0.25, -0.2) is 9.67 Å². The van der Waals surface area contributed by atoms with Crippen LogP contribution in [0, 0.1) is 0 Å². The number of ketones is 1. The minimum atomic E-state index is -0.108. The Bertz CT molecular complexity index is 1030. The van der Waals surface area contributed by atoms with Crippen LogP contribution in [0.2, 0.25) is 0 Å². The molecule has 0 saturated carbocycles. The van der Waals surface area contributed by atoms with E-state index in [9.17, 15) is 9.59 Å². The molecule has 0 saturated heterocycles. The van der Waals surface area contributed by atoms with Gasteiger partial charge in [-0.2, -0.15) is 5.10 Å². The van der Waals surface area contributed by atoms with Gasteiger partial charge in [-0.1, -0.05) is 36.4 Å². The zero-order valence-electron chi connectivity index (χ0n) is 17.0. The number of rotatable bonds is 8. The van der Waals surface area contributed by atoms with Gasteiger partial charge in [0.1, 0.15) is 12.7 Å². The van der Waals surface area contributed by atoms with Crippen LogP contribution in [0.4, 0.5) is 0 Å². The lowest BCUT2D eigenvalue weighted by atomic mass is 9.89. The number of Topliss-reactive ketones (excluding diaryl/α,β-unsaturated/α-hetero) is 1. The minimum absolute atomic E-state index is 0.0355. The van der Waals surface area contributed by atoms with Gasteiger partial charge in [0, 0.05) is 24.9 Å². The molecule has 1 heterocycles. The molecule has 154 valence electrons. The van der Waals surface area contributed by atoms with Crippen LogP contribution in [0.3, 0.4) is 0 Å². The molecule has 1 N–H and O–H groups in total. The highest BCUT2D eigenvalue weighted by Crippen LogP contribution is 2.23. The Hall–Kier alpha value is -3.28. The van der Waals surface area contributed by atoms with Crippen LogP contribution in [0.25, 0.3) is 0 Å². The Labute approximate surface area is 176 Å². The lowest BCUT2D eigenvalue weighted by molar-refractivity contribution is -0.121. The third-order valence-corrected chi connectivity index (χ3v) is 5.54. The predicted molar refractivity (Wildman–Crippen MR) is 114 cm³/mol. The lowest BCUT2D eigenvalue weighted by Gasteiger charge is -2.16. The molecular weight excluding hydrogens is 376 g/mol. The number of nitrogens with zero attached hydrogens (tertiary/aromatic N) is 3. The first-order valence-electron chi connectivity index (χ1n) is 10.5. The number of fused-ring (bicyclic) bond motifs is 1. The van der Waals surface area contributed by atoms with Crippen molar-refractivity contribution in [3.8, 4) is 0 Å². The number of carbonyl (C=O) groups excluding carboxylic acids is 2. The van der Waals surface area contributed by atoms with Crippen LogP contribution in [0.5, 0.6) is 0 Å². The molecule has 0 bridgehead atoms. The topological polar surface area (TPSA) is 76.9 Å². The Morgan fingerprint density at radius 2 is 1.80 bits per heavy atom. The number of hydrogen-bond acceptors (Lipinski definition) is 4. The second-order valence-corrected chi connectivity index (χ2v) is 7.80. The van der Waals surface area contributed by atoms with Crippen LogP contribution < -0.4 is 5.32 Å². The Kier molecular flexibility index (Phi) is 6.32. The minimum Gasteiger partial charge on any atom is -0.352 e. The SMILES string of the molecule is O=C(CCC(=O)c1ccc2c(c1)CCCC2)NCc1cccc(Cn2cncn2)c1. The molecule has 4 rings (SSSR count). The van der Waals surface area contributed by atoms with Crippen molar-refractivity contribution in [2.45, 2.75) is 51.6 Å². The Morgan fingerprint density at radius 3 is 2.63 bits per heavy atom. The summed E-state index contributed by atoms with van der Waals surface area (Å²) in [6.45, 7) is 1.08. The summed E-state index contributed by atoms with van der Waals surface area (Å²) in [6.07, 6.45) is 8.19. The van der Waals surface area contributed by atoms with Gasteiger partial charge in [0.05, 0.1) is 6.54 Å². The summed E-state index contributed by atoms with van der Waals surface area (Å²) in [6, 6.07) is 14.0. The molecule has 0 spiro atoms. The number of carbonyl (C=O) groups is 2. The third kappa shape index (κ3) is 5.20. The second-order valence-electron chi connectivity index (χ2n) is 7.80. The molecule has 3 aromatic rings. The third-order valence-electron chi connectivity index (χ3n) is 5.54. The molecule has 0 aliphatic heterocycles. The highest BCUT2D eigenvalue weighted by atomic mass is 16.2. The summed E-state index contributed by atoms with van der Waals surface area (Å²) >= 11 is 0. The summed E-state index contributed by atoms with van der Waals surface area (Å²) < 4.78 is 1.75. The van der Waals surface area contributed by atoms with Crippen molar-refractivity contribution < 1.29 is 9.59 Å². The molecular formula is C24H26N4O2. The normalized spacial score (nSPS) is 12.9. The summed E-state index contributed by atoms with van der Waals surface area (Å²) in [5, 5.41) is 7.02. The smallest absolute Gasteiger partial charge is 0.220 e. The number of benzene rings is 2. The average molecular weight is 402 g/mol. The van der Waals surface area contributed by atoms with Crippen molar-refractivity contribution in [2.75, 3.05) is 0 Å². The fourth-order valence-corrected chi connectivity index (χ4v) is 3.91. The van der Waals surface area contributed by atoms with Crippen LogP contribution in [-0.2, 0) is 30.7 Å². The molecule has 2 aromatic carbocycles. The van der Waals surface area contributed by atoms with E-state index in [-0.39, 0.29) is 24.5 Å². The van der Waals surface area contributed by atoms with Crippen molar-refractivity contribution in [2.24, 2.45) is 0 Å². The van der Waals surface area contributed by atoms with Gasteiger partial charge in [0.2, 0.25) is 5.91 Å².